The van der Waals surface area contributed by atoms with Gasteiger partial charge >= 0.3 is 0 Å². The summed E-state index contributed by atoms with van der Waals surface area (Å²) in [5.74, 6) is -2.35. The molecule has 1 aliphatic carbocycles. The third-order valence-corrected chi connectivity index (χ3v) is 6.00. The Morgan fingerprint density at radius 1 is 1.32 bits per heavy atom. The molecule has 142 valence electrons. The molecule has 2 aliphatic rings. The Bertz CT molecular complexity index is 950. The van der Waals surface area contributed by atoms with E-state index in [1.807, 2.05) is 25.1 Å². The van der Waals surface area contributed by atoms with Crippen molar-refractivity contribution >= 4 is 5.71 Å². The van der Waals surface area contributed by atoms with Crippen LogP contribution in [0.25, 0.3) is 0 Å². The summed E-state index contributed by atoms with van der Waals surface area (Å²) >= 11 is 0. The topological polar surface area (TPSA) is 109 Å². The van der Waals surface area contributed by atoms with E-state index in [0.717, 1.165) is 12.1 Å². The number of rotatable bonds is 3. The molecule has 1 aromatic carbocycles. The maximum Gasteiger partial charge on any atom is 0.190 e. The molecule has 6 nitrogen and oxygen atoms in total. The highest BCUT2D eigenvalue weighted by Gasteiger charge is 2.59. The molecule has 0 bridgehead atoms. The van der Waals surface area contributed by atoms with Crippen LogP contribution < -0.4 is 9.64 Å². The van der Waals surface area contributed by atoms with Gasteiger partial charge in [-0.05, 0) is 42.3 Å². The maximum absolute atomic E-state index is 14.9. The van der Waals surface area contributed by atoms with Gasteiger partial charge in [0, 0.05) is 11.8 Å². The van der Waals surface area contributed by atoms with E-state index in [-0.39, 0.29) is 17.2 Å². The molecule has 0 spiro atoms. The Labute approximate surface area is 163 Å². The summed E-state index contributed by atoms with van der Waals surface area (Å²) in [6.45, 7) is 4.13. The molecule has 0 radical (unpaired) electrons. The van der Waals surface area contributed by atoms with Crippen molar-refractivity contribution < 1.29 is 14.0 Å². The number of benzene rings is 1. The minimum Gasteiger partial charge on any atom is -0.497 e. The molecule has 0 aromatic heterocycles. The molecular formula is C21H21FN5O+. The van der Waals surface area contributed by atoms with Crippen LogP contribution in [0.4, 0.5) is 4.39 Å². The summed E-state index contributed by atoms with van der Waals surface area (Å²) in [5.41, 5.74) is -1.28. The summed E-state index contributed by atoms with van der Waals surface area (Å²) in [6.07, 6.45) is 1.93. The van der Waals surface area contributed by atoms with E-state index >= 15 is 0 Å². The van der Waals surface area contributed by atoms with Gasteiger partial charge in [0.05, 0.1) is 50.7 Å². The lowest BCUT2D eigenvalue weighted by atomic mass is 9.54. The van der Waals surface area contributed by atoms with Crippen LogP contribution in [0.1, 0.15) is 18.4 Å². The number of hydrogen-bond acceptors (Lipinski definition) is 5. The van der Waals surface area contributed by atoms with Crippen molar-refractivity contribution in [3.8, 4) is 24.0 Å². The van der Waals surface area contributed by atoms with Crippen molar-refractivity contribution in [3.05, 3.63) is 41.2 Å². The molecule has 1 heterocycles. The Kier molecular flexibility index (Phi) is 5.18. The lowest BCUT2D eigenvalue weighted by Gasteiger charge is -2.46. The quantitative estimate of drug-likeness (QED) is 0.778. The number of halogens is 1. The number of likely N-dealkylation sites (N-methyl/N-ethyl adjacent to an activating group) is 1. The summed E-state index contributed by atoms with van der Waals surface area (Å²) in [4.78, 5) is 1.22. The second kappa shape index (κ2) is 7.43. The fourth-order valence-electron chi connectivity index (χ4n) is 4.48. The minimum atomic E-state index is -1.91. The SMILES string of the molecule is CC[NH+]1CC=C2C(C#N)C(=N)C(C#N)(C#N)[C@H](c3cc(OC)ccc3F)[C@H]2C1. The van der Waals surface area contributed by atoms with Crippen molar-refractivity contribution in [1.29, 1.82) is 21.2 Å². The molecule has 28 heavy (non-hydrogen) atoms. The van der Waals surface area contributed by atoms with E-state index in [1.54, 1.807) is 0 Å². The highest BCUT2D eigenvalue weighted by atomic mass is 19.1. The van der Waals surface area contributed by atoms with E-state index in [0.29, 0.717) is 18.8 Å². The number of hydrogen-bond donors (Lipinski definition) is 2. The second-order valence-corrected chi connectivity index (χ2v) is 7.19. The Balaban J connectivity index is 2.30. The molecule has 7 heteroatoms. The largest absolute Gasteiger partial charge is 0.497 e. The standard InChI is InChI=1S/C21H20FN5O/c1-3-27-7-6-14-16(9-23)20(26)21(11-24,12-25)19(17(14)10-27)15-8-13(28-2)4-5-18(15)22/h4-6,8,16-17,19,26H,3,7,10H2,1-2H3/p+1/t16?,17-,19+/m0/s1. The molecule has 1 aliphatic heterocycles. The molecule has 1 fully saturated rings. The predicted octanol–water partition coefficient (Wildman–Crippen LogP) is 1.59. The van der Waals surface area contributed by atoms with Gasteiger partial charge in [0.15, 0.2) is 5.41 Å². The molecule has 3 rings (SSSR count). The highest BCUT2D eigenvalue weighted by molar-refractivity contribution is 6.00. The molecule has 0 saturated heterocycles. The Morgan fingerprint density at radius 2 is 2.04 bits per heavy atom. The van der Waals surface area contributed by atoms with E-state index in [2.05, 4.69) is 6.07 Å². The molecule has 0 amide bonds. The number of nitrogens with zero attached hydrogens (tertiary/aromatic N) is 3. The molecule has 2 unspecified atom stereocenters. The van der Waals surface area contributed by atoms with Crippen LogP contribution in [0.5, 0.6) is 5.75 Å². The average molecular weight is 378 g/mol. The first-order valence-corrected chi connectivity index (χ1v) is 9.15. The molecule has 4 atom stereocenters. The summed E-state index contributed by atoms with van der Waals surface area (Å²) in [6, 6.07) is 10.3. The van der Waals surface area contributed by atoms with Gasteiger partial charge in [-0.15, -0.1) is 0 Å². The molecular weight excluding hydrogens is 357 g/mol. The van der Waals surface area contributed by atoms with E-state index < -0.39 is 23.1 Å². The van der Waals surface area contributed by atoms with Crippen LogP contribution in [0, 0.1) is 62.5 Å². The lowest BCUT2D eigenvalue weighted by Crippen LogP contribution is -3.13. The molecule has 1 aromatic rings. The minimum absolute atomic E-state index is 0.178. The second-order valence-electron chi connectivity index (χ2n) is 7.19. The molecule has 1 saturated carbocycles. The van der Waals surface area contributed by atoms with E-state index in [9.17, 15) is 20.2 Å². The molecule has 2 N–H and O–H groups in total. The number of quaternary nitrogens is 1. The van der Waals surface area contributed by atoms with Crippen LogP contribution >= 0.6 is 0 Å². The third kappa shape index (κ3) is 2.74. The third-order valence-electron chi connectivity index (χ3n) is 6.00. The number of nitrogens with one attached hydrogen (secondary N) is 2. The first-order valence-electron chi connectivity index (χ1n) is 9.15. The van der Waals surface area contributed by atoms with Crippen LogP contribution in [-0.4, -0.2) is 32.5 Å². The van der Waals surface area contributed by atoms with Gasteiger partial charge in [-0.3, -0.25) is 0 Å². The number of nitriles is 3. The monoisotopic (exact) mass is 378 g/mol. The Morgan fingerprint density at radius 3 is 2.61 bits per heavy atom. The van der Waals surface area contributed by atoms with Gasteiger partial charge < -0.3 is 15.0 Å². The summed E-state index contributed by atoms with van der Waals surface area (Å²) in [5, 5.41) is 38.2. The normalized spacial score (nSPS) is 28.1. The fourth-order valence-corrected chi connectivity index (χ4v) is 4.48. The van der Waals surface area contributed by atoms with Crippen molar-refractivity contribution in [3.63, 3.8) is 0 Å². The van der Waals surface area contributed by atoms with Crippen molar-refractivity contribution in [1.82, 2.24) is 0 Å². The average Bonchev–Trinajstić information content (AvgIpc) is 2.73. The lowest BCUT2D eigenvalue weighted by molar-refractivity contribution is -0.897. The van der Waals surface area contributed by atoms with Gasteiger partial charge in [-0.2, -0.15) is 15.8 Å². The number of methoxy groups -OCH3 is 1. The first-order chi connectivity index (χ1) is 13.5. The van der Waals surface area contributed by atoms with Gasteiger partial charge in [0.1, 0.15) is 17.5 Å². The van der Waals surface area contributed by atoms with Crippen molar-refractivity contribution in [2.75, 3.05) is 26.7 Å². The summed E-state index contributed by atoms with van der Waals surface area (Å²) in [7, 11) is 1.46. The van der Waals surface area contributed by atoms with Crippen LogP contribution in [0.15, 0.2) is 29.8 Å². The first kappa shape index (κ1) is 19.5. The van der Waals surface area contributed by atoms with Crippen molar-refractivity contribution in [2.24, 2.45) is 17.3 Å². The maximum atomic E-state index is 14.9. The van der Waals surface area contributed by atoms with Crippen LogP contribution in [0.3, 0.4) is 0 Å². The van der Waals surface area contributed by atoms with Gasteiger partial charge in [0.2, 0.25) is 0 Å². The van der Waals surface area contributed by atoms with Gasteiger partial charge in [0.25, 0.3) is 0 Å². The zero-order chi connectivity index (χ0) is 20.5. The number of fused-ring (bicyclic) bond motifs is 1. The van der Waals surface area contributed by atoms with Crippen molar-refractivity contribution in [2.45, 2.75) is 12.8 Å². The zero-order valence-corrected chi connectivity index (χ0v) is 15.8. The van der Waals surface area contributed by atoms with Crippen LogP contribution in [-0.2, 0) is 0 Å². The van der Waals surface area contributed by atoms with Gasteiger partial charge in [-0.25, -0.2) is 4.39 Å². The van der Waals surface area contributed by atoms with Crippen LogP contribution in [0.2, 0.25) is 0 Å². The number of ether oxygens (including phenoxy) is 1. The fraction of sp³-hybridized carbons (Fsp3) is 0.429. The Hall–Kier alpha value is -3.21. The predicted molar refractivity (Wildman–Crippen MR) is 99.0 cm³/mol. The van der Waals surface area contributed by atoms with E-state index in [4.69, 9.17) is 10.1 Å². The highest BCUT2D eigenvalue weighted by Crippen LogP contribution is 2.53. The smallest absolute Gasteiger partial charge is 0.190 e. The zero-order valence-electron chi connectivity index (χ0n) is 15.8. The van der Waals surface area contributed by atoms with Gasteiger partial charge in [-0.1, -0.05) is 0 Å². The summed E-state index contributed by atoms with van der Waals surface area (Å²) < 4.78 is 20.1. The van der Waals surface area contributed by atoms with E-state index in [1.165, 1.54) is 30.2 Å².